The second kappa shape index (κ2) is 8.06. The molecule has 0 aliphatic carbocycles. The minimum absolute atomic E-state index is 0.122. The van der Waals surface area contributed by atoms with Crippen molar-refractivity contribution in [1.82, 2.24) is 5.32 Å². The van der Waals surface area contributed by atoms with Gasteiger partial charge < -0.3 is 20.1 Å². The zero-order chi connectivity index (χ0) is 17.7. The van der Waals surface area contributed by atoms with Gasteiger partial charge >= 0.3 is 6.03 Å². The summed E-state index contributed by atoms with van der Waals surface area (Å²) in [5.74, 6) is 1.20. The van der Waals surface area contributed by atoms with E-state index >= 15 is 0 Å². The lowest BCUT2D eigenvalue weighted by molar-refractivity contribution is 0.249. The van der Waals surface area contributed by atoms with Crippen molar-refractivity contribution in [3.63, 3.8) is 0 Å². The molecule has 2 aromatic rings. The van der Waals surface area contributed by atoms with Crippen LogP contribution in [0.2, 0.25) is 0 Å². The van der Waals surface area contributed by atoms with Crippen molar-refractivity contribution in [2.24, 2.45) is 0 Å². The van der Waals surface area contributed by atoms with Gasteiger partial charge in [0.25, 0.3) is 0 Å². The summed E-state index contributed by atoms with van der Waals surface area (Å²) in [5.41, 5.74) is 2.58. The molecule has 128 valence electrons. The fourth-order valence-electron chi connectivity index (χ4n) is 2.33. The van der Waals surface area contributed by atoms with E-state index in [0.717, 1.165) is 15.6 Å². The first-order valence-electron chi connectivity index (χ1n) is 7.50. The molecular formula is C18H21BrN2O3. The van der Waals surface area contributed by atoms with Crippen LogP contribution in [-0.2, 0) is 0 Å². The Hall–Kier alpha value is -2.21. The number of anilines is 1. The average molecular weight is 393 g/mol. The summed E-state index contributed by atoms with van der Waals surface area (Å²) in [6.45, 7) is 3.83. The van der Waals surface area contributed by atoms with Crippen LogP contribution in [0.1, 0.15) is 24.1 Å². The molecule has 0 bridgehead atoms. The van der Waals surface area contributed by atoms with E-state index in [4.69, 9.17) is 9.47 Å². The summed E-state index contributed by atoms with van der Waals surface area (Å²) in [4.78, 5) is 12.3. The van der Waals surface area contributed by atoms with Gasteiger partial charge in [-0.25, -0.2) is 4.79 Å². The highest BCUT2D eigenvalue weighted by Crippen LogP contribution is 2.32. The van der Waals surface area contributed by atoms with E-state index in [1.54, 1.807) is 20.3 Å². The smallest absolute Gasteiger partial charge is 0.319 e. The van der Waals surface area contributed by atoms with E-state index in [1.807, 2.05) is 44.2 Å². The third-order valence-corrected chi connectivity index (χ3v) is 4.17. The maximum atomic E-state index is 12.3. The van der Waals surface area contributed by atoms with E-state index in [2.05, 4.69) is 26.6 Å². The zero-order valence-electron chi connectivity index (χ0n) is 14.1. The molecule has 5 nitrogen and oxygen atoms in total. The van der Waals surface area contributed by atoms with Crippen molar-refractivity contribution in [2.75, 3.05) is 19.5 Å². The molecule has 0 aliphatic heterocycles. The Morgan fingerprint density at radius 2 is 1.79 bits per heavy atom. The van der Waals surface area contributed by atoms with Gasteiger partial charge in [-0.15, -0.1) is 0 Å². The number of carbonyl (C=O) groups excluding carboxylic acids is 1. The first-order valence-corrected chi connectivity index (χ1v) is 8.29. The molecule has 0 spiro atoms. The summed E-state index contributed by atoms with van der Waals surface area (Å²) in [6.07, 6.45) is 0. The normalized spacial score (nSPS) is 11.5. The summed E-state index contributed by atoms with van der Waals surface area (Å²) in [7, 11) is 3.14. The fourth-order valence-corrected chi connectivity index (χ4v) is 2.75. The highest BCUT2D eigenvalue weighted by molar-refractivity contribution is 9.10. The molecule has 24 heavy (non-hydrogen) atoms. The molecule has 0 unspecified atom stereocenters. The molecule has 1 atom stereocenters. The highest BCUT2D eigenvalue weighted by atomic mass is 79.9. The summed E-state index contributed by atoms with van der Waals surface area (Å²) in [6, 6.07) is 11.0. The number of halogens is 1. The van der Waals surface area contributed by atoms with Crippen LogP contribution in [0.5, 0.6) is 11.5 Å². The van der Waals surface area contributed by atoms with E-state index in [9.17, 15) is 4.79 Å². The number of rotatable bonds is 5. The quantitative estimate of drug-likeness (QED) is 0.777. The summed E-state index contributed by atoms with van der Waals surface area (Å²) < 4.78 is 11.5. The molecule has 2 N–H and O–H groups in total. The van der Waals surface area contributed by atoms with Gasteiger partial charge in [-0.1, -0.05) is 28.1 Å². The Balaban J connectivity index is 2.09. The van der Waals surface area contributed by atoms with Crippen molar-refractivity contribution in [2.45, 2.75) is 19.9 Å². The van der Waals surface area contributed by atoms with Crippen molar-refractivity contribution >= 4 is 27.6 Å². The van der Waals surface area contributed by atoms with Crippen molar-refractivity contribution in [1.29, 1.82) is 0 Å². The number of methoxy groups -OCH3 is 2. The molecule has 0 radical (unpaired) electrons. The lowest BCUT2D eigenvalue weighted by Crippen LogP contribution is -2.31. The number of hydrogen-bond acceptors (Lipinski definition) is 3. The minimum atomic E-state index is -0.280. The predicted molar refractivity (Wildman–Crippen MR) is 99.0 cm³/mol. The number of benzene rings is 2. The molecule has 0 heterocycles. The summed E-state index contributed by atoms with van der Waals surface area (Å²) in [5, 5.41) is 5.78. The molecule has 2 aromatic carbocycles. The van der Waals surface area contributed by atoms with Crippen LogP contribution in [0.25, 0.3) is 0 Å². The van der Waals surface area contributed by atoms with Crippen LogP contribution in [0.15, 0.2) is 40.9 Å². The molecule has 2 rings (SSSR count). The number of ether oxygens (including phenoxy) is 2. The first-order chi connectivity index (χ1) is 11.4. The predicted octanol–water partition coefficient (Wildman–Crippen LogP) is 4.66. The zero-order valence-corrected chi connectivity index (χ0v) is 15.7. The van der Waals surface area contributed by atoms with Crippen molar-refractivity contribution in [3.8, 4) is 11.5 Å². The maximum absolute atomic E-state index is 12.3. The van der Waals surface area contributed by atoms with E-state index in [-0.39, 0.29) is 12.1 Å². The molecule has 2 amide bonds. The number of urea groups is 1. The largest absolute Gasteiger partial charge is 0.493 e. The van der Waals surface area contributed by atoms with Crippen LogP contribution in [0.3, 0.4) is 0 Å². The number of carbonyl (C=O) groups is 1. The van der Waals surface area contributed by atoms with Gasteiger partial charge in [0.05, 0.1) is 20.3 Å². The van der Waals surface area contributed by atoms with E-state index in [1.165, 1.54) is 0 Å². The molecule has 6 heteroatoms. The number of aryl methyl sites for hydroxylation is 1. The topological polar surface area (TPSA) is 59.6 Å². The maximum Gasteiger partial charge on any atom is 0.319 e. The van der Waals surface area contributed by atoms with Crippen molar-refractivity contribution in [3.05, 3.63) is 52.0 Å². The molecule has 0 aliphatic rings. The van der Waals surface area contributed by atoms with Gasteiger partial charge in [0.15, 0.2) is 11.5 Å². The van der Waals surface area contributed by atoms with E-state index < -0.39 is 0 Å². The fraction of sp³-hybridized carbons (Fsp3) is 0.278. The van der Waals surface area contributed by atoms with Gasteiger partial charge in [0.1, 0.15) is 0 Å². The Morgan fingerprint density at radius 3 is 2.42 bits per heavy atom. The highest BCUT2D eigenvalue weighted by Gasteiger charge is 2.13. The monoisotopic (exact) mass is 392 g/mol. The lowest BCUT2D eigenvalue weighted by Gasteiger charge is -2.17. The second-order valence-corrected chi connectivity index (χ2v) is 6.31. The van der Waals surface area contributed by atoms with Crippen LogP contribution < -0.4 is 20.1 Å². The number of amides is 2. The van der Waals surface area contributed by atoms with Gasteiger partial charge in [-0.2, -0.15) is 0 Å². The number of hydrogen-bond donors (Lipinski definition) is 2. The molecule has 0 saturated heterocycles. The van der Waals surface area contributed by atoms with E-state index in [0.29, 0.717) is 17.2 Å². The third-order valence-electron chi connectivity index (χ3n) is 3.68. The molecule has 0 saturated carbocycles. The Labute approximate surface area is 150 Å². The Bertz CT molecular complexity index is 734. The van der Waals surface area contributed by atoms with Crippen LogP contribution >= 0.6 is 15.9 Å². The van der Waals surface area contributed by atoms with Crippen LogP contribution in [-0.4, -0.2) is 20.3 Å². The van der Waals surface area contributed by atoms with Gasteiger partial charge in [0.2, 0.25) is 0 Å². The lowest BCUT2D eigenvalue weighted by atomic mass is 10.1. The number of nitrogens with one attached hydrogen (secondary N) is 2. The standard InChI is InChI=1S/C18H21BrN2O3/c1-11-8-16(23-3)17(24-4)10-15(11)21-18(22)20-12(2)13-6-5-7-14(19)9-13/h5-10,12H,1-4H3,(H2,20,21,22)/t12-/m1/s1. The molecule has 0 aromatic heterocycles. The first kappa shape index (κ1) is 18.1. The van der Waals surface area contributed by atoms with Crippen LogP contribution in [0.4, 0.5) is 10.5 Å². The Morgan fingerprint density at radius 1 is 1.12 bits per heavy atom. The third kappa shape index (κ3) is 4.41. The molecular weight excluding hydrogens is 372 g/mol. The molecule has 0 fully saturated rings. The van der Waals surface area contributed by atoms with Gasteiger partial charge in [0, 0.05) is 16.2 Å². The minimum Gasteiger partial charge on any atom is -0.493 e. The second-order valence-electron chi connectivity index (χ2n) is 5.40. The van der Waals surface area contributed by atoms with Gasteiger partial charge in [-0.05, 0) is 43.2 Å². The van der Waals surface area contributed by atoms with Crippen molar-refractivity contribution < 1.29 is 14.3 Å². The Kier molecular flexibility index (Phi) is 6.09. The SMILES string of the molecule is COc1cc(C)c(NC(=O)N[C@H](C)c2cccc(Br)c2)cc1OC. The summed E-state index contributed by atoms with van der Waals surface area (Å²) >= 11 is 3.44. The average Bonchev–Trinajstić information content (AvgIpc) is 2.56. The van der Waals surface area contributed by atoms with Crippen LogP contribution in [0, 0.1) is 6.92 Å². The van der Waals surface area contributed by atoms with Gasteiger partial charge in [-0.3, -0.25) is 0 Å².